The van der Waals surface area contributed by atoms with Gasteiger partial charge in [0.15, 0.2) is 0 Å². The number of hydrogen-bond donors (Lipinski definition) is 0. The van der Waals surface area contributed by atoms with Crippen molar-refractivity contribution in [3.05, 3.63) is 52.2 Å². The number of nitrogens with zero attached hydrogens (tertiary/aromatic N) is 4. The fourth-order valence-corrected chi connectivity index (χ4v) is 14.3. The lowest BCUT2D eigenvalue weighted by Crippen LogP contribution is -2.66. The van der Waals surface area contributed by atoms with Crippen LogP contribution in [0.4, 0.5) is 5.69 Å². The molecule has 8 bridgehead atoms. The first-order valence-electron chi connectivity index (χ1n) is 21.5. The number of likely N-dealkylation sites (tertiary alicyclic amines) is 1. The third-order valence-corrected chi connectivity index (χ3v) is 16.5. The number of carbonyl (C=O) groups excluding carboxylic acids is 3. The van der Waals surface area contributed by atoms with E-state index < -0.39 is 17.0 Å². The smallest absolute Gasteiger partial charge is 0.313 e. The van der Waals surface area contributed by atoms with Crippen molar-refractivity contribution >= 4 is 34.4 Å². The maximum absolute atomic E-state index is 14.2. The molecule has 3 aromatic rings. The number of ether oxygens (including phenoxy) is 5. The summed E-state index contributed by atoms with van der Waals surface area (Å²) in [5, 5.41) is 0.917. The van der Waals surface area contributed by atoms with E-state index in [1.54, 1.807) is 14.2 Å². The number of piperidine rings is 1. The first-order valence-corrected chi connectivity index (χ1v) is 21.5. The number of likely N-dealkylation sites (N-methyl/N-ethyl adjacent to an activating group) is 1. The maximum atomic E-state index is 14.2. The quantitative estimate of drug-likeness (QED) is 0.210. The minimum atomic E-state index is -0.580. The minimum Gasteiger partial charge on any atom is -0.496 e. The fraction of sp³-hybridized carbons (Fsp3) is 0.596. The number of esters is 2. The largest absolute Gasteiger partial charge is 0.496 e. The van der Waals surface area contributed by atoms with Crippen LogP contribution in [0.5, 0.6) is 11.5 Å². The topological polar surface area (TPSA) is 112 Å². The average Bonchev–Trinajstić information content (AvgIpc) is 3.80. The third kappa shape index (κ3) is 4.44. The number of aryl methyl sites for hydroxylation is 1. The van der Waals surface area contributed by atoms with Gasteiger partial charge in [-0.3, -0.25) is 19.3 Å². The van der Waals surface area contributed by atoms with Gasteiger partial charge in [-0.1, -0.05) is 25.5 Å². The van der Waals surface area contributed by atoms with E-state index in [9.17, 15) is 14.4 Å². The van der Waals surface area contributed by atoms with Crippen molar-refractivity contribution in [3.8, 4) is 22.6 Å². The molecule has 12 nitrogen and oxygen atoms in total. The Morgan fingerprint density at radius 2 is 1.71 bits per heavy atom. The number of methoxy groups -OCH3 is 4. The number of fused-ring (bicyclic) bond motifs is 7. The summed E-state index contributed by atoms with van der Waals surface area (Å²) >= 11 is 0. The highest BCUT2D eigenvalue weighted by Crippen LogP contribution is 2.71. The molecule has 59 heavy (non-hydrogen) atoms. The SMILES string of the molecule is C/C=C1/CN2CC[C@@]34c5cc(OC)c(-c6cc7c8c(n(C)c7cc6OC)[C@@H]6[C@H]7O[C@@H](C)C(CN6C(=O)C(C)C)C7[C@H]8C(=O)OC)c(C)c5N(C)C23CC[C@@H]1C4C(=O)OC. The van der Waals surface area contributed by atoms with Gasteiger partial charge in [0, 0.05) is 90.9 Å². The van der Waals surface area contributed by atoms with Crippen molar-refractivity contribution < 1.29 is 38.1 Å². The first-order chi connectivity index (χ1) is 28.3. The van der Waals surface area contributed by atoms with Crippen LogP contribution in [0, 0.1) is 36.5 Å². The predicted molar refractivity (Wildman–Crippen MR) is 223 cm³/mol. The maximum Gasteiger partial charge on any atom is 0.313 e. The molecule has 6 aliphatic heterocycles. The number of carbonyl (C=O) groups is 3. The molecule has 8 aliphatic rings. The lowest BCUT2D eigenvalue weighted by atomic mass is 9.54. The second kappa shape index (κ2) is 13.0. The second-order valence-corrected chi connectivity index (χ2v) is 18.6. The van der Waals surface area contributed by atoms with Crippen LogP contribution in [0.3, 0.4) is 0 Å². The molecule has 1 amide bonds. The van der Waals surface area contributed by atoms with Crippen LogP contribution in [0.15, 0.2) is 29.8 Å². The molecule has 5 saturated heterocycles. The molecule has 5 unspecified atom stereocenters. The van der Waals surface area contributed by atoms with Gasteiger partial charge in [-0.2, -0.15) is 0 Å². The van der Waals surface area contributed by atoms with Crippen molar-refractivity contribution in [2.24, 2.45) is 36.6 Å². The van der Waals surface area contributed by atoms with Crippen LogP contribution in [-0.4, -0.2) is 105 Å². The molecule has 2 aliphatic carbocycles. The molecule has 0 N–H and O–H groups in total. The standard InChI is InChI=1S/C47H58N4O8/c1-12-25-20-50-16-15-46-30-18-33(56-9)34(23(4)39(30)49(7)47(46,50)14-13-26(25)38(46)45(54)58-11)28-17-27-31(19-32(28)55-8)48(6)40-35(27)37(44(53)57-10)36-29-21-51(43(52)22(2)3)41(40)42(36)59-24(29)5/h12,17-19,22,24,26,29,36-38,41-42H,13-16,20-21H2,1-11H3/b25-12-/t24-,26-,29?,36?,37-,38?,41+,42-,46-,47?/m0/s1. The Hall–Kier alpha value is -4.55. The average molecular weight is 807 g/mol. The molecular weight excluding hydrogens is 749 g/mol. The number of rotatable bonds is 6. The van der Waals surface area contributed by atoms with Crippen molar-refractivity contribution in [1.82, 2.24) is 14.4 Å². The summed E-state index contributed by atoms with van der Waals surface area (Å²) in [6.45, 7) is 12.5. The molecule has 1 saturated carbocycles. The van der Waals surface area contributed by atoms with Gasteiger partial charge in [0.05, 0.1) is 64.0 Å². The molecular formula is C47H58N4O8. The highest BCUT2D eigenvalue weighted by Gasteiger charge is 2.76. The number of benzene rings is 2. The molecule has 7 heterocycles. The van der Waals surface area contributed by atoms with E-state index in [0.29, 0.717) is 18.0 Å². The van der Waals surface area contributed by atoms with Crippen molar-refractivity contribution in [1.29, 1.82) is 0 Å². The van der Waals surface area contributed by atoms with Gasteiger partial charge < -0.3 is 38.1 Å². The van der Waals surface area contributed by atoms with Gasteiger partial charge in [-0.15, -0.1) is 0 Å². The Labute approximate surface area is 346 Å². The zero-order valence-corrected chi connectivity index (χ0v) is 36.3. The second-order valence-electron chi connectivity index (χ2n) is 18.6. The third-order valence-electron chi connectivity index (χ3n) is 16.5. The van der Waals surface area contributed by atoms with Crippen LogP contribution in [0.2, 0.25) is 0 Å². The van der Waals surface area contributed by atoms with Gasteiger partial charge in [0.2, 0.25) is 5.91 Å². The van der Waals surface area contributed by atoms with Gasteiger partial charge in [-0.05, 0) is 74.8 Å². The van der Waals surface area contributed by atoms with Crippen LogP contribution >= 0.6 is 0 Å². The molecule has 1 spiro atoms. The Morgan fingerprint density at radius 3 is 2.37 bits per heavy atom. The summed E-state index contributed by atoms with van der Waals surface area (Å²) in [5.41, 5.74) is 8.18. The highest BCUT2D eigenvalue weighted by atomic mass is 16.5. The minimum absolute atomic E-state index is 0.0239. The highest BCUT2D eigenvalue weighted by molar-refractivity contribution is 6.00. The normalized spacial score (nSPS) is 35.2. The zero-order valence-electron chi connectivity index (χ0n) is 36.3. The van der Waals surface area contributed by atoms with E-state index in [0.717, 1.165) is 82.5 Å². The van der Waals surface area contributed by atoms with Crippen molar-refractivity contribution in [2.75, 3.05) is 60.0 Å². The van der Waals surface area contributed by atoms with Gasteiger partial charge >= 0.3 is 11.9 Å². The van der Waals surface area contributed by atoms with Crippen LogP contribution in [0.25, 0.3) is 22.0 Å². The predicted octanol–water partition coefficient (Wildman–Crippen LogP) is 6.25. The number of allylic oxidation sites excluding steroid dienone is 1. The fourth-order valence-electron chi connectivity index (χ4n) is 14.3. The van der Waals surface area contributed by atoms with Crippen LogP contribution in [0.1, 0.15) is 81.3 Å². The summed E-state index contributed by atoms with van der Waals surface area (Å²) in [7, 11) is 10.6. The zero-order chi connectivity index (χ0) is 41.8. The van der Waals surface area contributed by atoms with Gasteiger partial charge in [-0.25, -0.2) is 0 Å². The van der Waals surface area contributed by atoms with E-state index in [1.165, 1.54) is 19.8 Å². The number of amides is 1. The summed E-state index contributed by atoms with van der Waals surface area (Å²) in [5.74, 6) is -0.164. The Kier molecular flexibility index (Phi) is 8.50. The van der Waals surface area contributed by atoms with Crippen molar-refractivity contribution in [3.63, 3.8) is 0 Å². The van der Waals surface area contributed by atoms with Crippen molar-refractivity contribution in [2.45, 2.75) is 89.1 Å². The summed E-state index contributed by atoms with van der Waals surface area (Å²) < 4.78 is 32.9. The molecule has 12 heteroatoms. The lowest BCUT2D eigenvalue weighted by molar-refractivity contribution is -0.154. The van der Waals surface area contributed by atoms with Gasteiger partial charge in [0.1, 0.15) is 17.2 Å². The summed E-state index contributed by atoms with van der Waals surface area (Å²) in [4.78, 5) is 49.5. The van der Waals surface area contributed by atoms with Crippen LogP contribution in [-0.2, 0) is 41.1 Å². The van der Waals surface area contributed by atoms with E-state index in [2.05, 4.69) is 66.5 Å². The Balaban J connectivity index is 1.23. The van der Waals surface area contributed by atoms with E-state index >= 15 is 0 Å². The lowest BCUT2D eigenvalue weighted by Gasteiger charge is -2.54. The molecule has 314 valence electrons. The Bertz CT molecular complexity index is 2380. The van der Waals surface area contributed by atoms with E-state index in [-0.39, 0.29) is 65.7 Å². The molecule has 1 aromatic heterocycles. The first kappa shape index (κ1) is 38.6. The van der Waals surface area contributed by atoms with E-state index in [1.807, 2.05) is 25.8 Å². The van der Waals surface area contributed by atoms with E-state index in [4.69, 9.17) is 23.7 Å². The Morgan fingerprint density at radius 1 is 0.983 bits per heavy atom. The summed E-state index contributed by atoms with van der Waals surface area (Å²) in [6, 6.07) is 6.08. The van der Waals surface area contributed by atoms with Crippen LogP contribution < -0.4 is 14.4 Å². The van der Waals surface area contributed by atoms with Gasteiger partial charge in [0.25, 0.3) is 0 Å². The number of aromatic nitrogens is 1. The number of anilines is 1. The number of hydrogen-bond acceptors (Lipinski definition) is 10. The monoisotopic (exact) mass is 806 g/mol. The molecule has 11 rings (SSSR count). The molecule has 0 radical (unpaired) electrons. The molecule has 11 atom stereocenters. The molecule has 6 fully saturated rings. The molecule has 2 aromatic carbocycles. The summed E-state index contributed by atoms with van der Waals surface area (Å²) in [6.07, 6.45) is 4.47.